The summed E-state index contributed by atoms with van der Waals surface area (Å²) in [5.41, 5.74) is 5.22. The molecule has 0 bridgehead atoms. The van der Waals surface area contributed by atoms with Crippen molar-refractivity contribution in [2.24, 2.45) is 0 Å². The van der Waals surface area contributed by atoms with Gasteiger partial charge < -0.3 is 5.32 Å². The quantitative estimate of drug-likeness (QED) is 0.718. The van der Waals surface area contributed by atoms with Crippen LogP contribution in [0.3, 0.4) is 0 Å². The Morgan fingerprint density at radius 1 is 1.04 bits per heavy atom. The van der Waals surface area contributed by atoms with Crippen molar-refractivity contribution in [1.29, 1.82) is 0 Å². The SMILES string of the molecule is Cc1cc(C)cc(Nc2nccc(-c3csc(CN4CCCC4)n3)n2)c1. The molecule has 5 nitrogen and oxygen atoms in total. The van der Waals surface area contributed by atoms with Gasteiger partial charge in [-0.15, -0.1) is 11.3 Å². The number of thiazole rings is 1. The average Bonchev–Trinajstić information content (AvgIpc) is 3.27. The zero-order valence-electron chi connectivity index (χ0n) is 15.2. The number of anilines is 2. The molecule has 1 N–H and O–H groups in total. The topological polar surface area (TPSA) is 53.9 Å². The molecule has 3 heterocycles. The number of aromatic nitrogens is 3. The molecule has 1 aliphatic heterocycles. The molecule has 0 unspecified atom stereocenters. The number of nitrogens with one attached hydrogen (secondary N) is 1. The van der Waals surface area contributed by atoms with Crippen molar-refractivity contribution in [2.45, 2.75) is 33.2 Å². The van der Waals surface area contributed by atoms with E-state index >= 15 is 0 Å². The molecule has 0 radical (unpaired) electrons. The molecule has 1 fully saturated rings. The molecule has 3 aromatic rings. The normalized spacial score (nSPS) is 14.7. The maximum Gasteiger partial charge on any atom is 0.227 e. The van der Waals surface area contributed by atoms with Crippen molar-refractivity contribution < 1.29 is 0 Å². The van der Waals surface area contributed by atoms with E-state index in [1.54, 1.807) is 17.5 Å². The fourth-order valence-corrected chi connectivity index (χ4v) is 4.20. The van der Waals surface area contributed by atoms with Crippen LogP contribution in [0.5, 0.6) is 0 Å². The molecular formula is C20H23N5S. The van der Waals surface area contributed by atoms with Crippen molar-refractivity contribution in [3.63, 3.8) is 0 Å². The lowest BCUT2D eigenvalue weighted by Crippen LogP contribution is -2.18. The predicted octanol–water partition coefficient (Wildman–Crippen LogP) is 4.56. The van der Waals surface area contributed by atoms with Crippen molar-refractivity contribution >= 4 is 23.0 Å². The minimum Gasteiger partial charge on any atom is -0.324 e. The van der Waals surface area contributed by atoms with E-state index in [0.29, 0.717) is 5.95 Å². The van der Waals surface area contributed by atoms with Gasteiger partial charge in [-0.1, -0.05) is 6.07 Å². The van der Waals surface area contributed by atoms with Crippen LogP contribution in [0.2, 0.25) is 0 Å². The van der Waals surface area contributed by atoms with Gasteiger partial charge in [0.25, 0.3) is 0 Å². The zero-order chi connectivity index (χ0) is 17.9. The summed E-state index contributed by atoms with van der Waals surface area (Å²) in [6.45, 7) is 7.50. The van der Waals surface area contributed by atoms with Crippen LogP contribution < -0.4 is 5.32 Å². The van der Waals surface area contributed by atoms with Crippen LogP contribution in [0, 0.1) is 13.8 Å². The lowest BCUT2D eigenvalue weighted by Gasteiger charge is -2.11. The number of hydrogen-bond donors (Lipinski definition) is 1. The van der Waals surface area contributed by atoms with Crippen LogP contribution in [0.1, 0.15) is 29.0 Å². The summed E-state index contributed by atoms with van der Waals surface area (Å²) in [6, 6.07) is 8.26. The molecule has 0 atom stereocenters. The number of rotatable bonds is 5. The Morgan fingerprint density at radius 2 is 1.81 bits per heavy atom. The Balaban J connectivity index is 1.51. The monoisotopic (exact) mass is 365 g/mol. The predicted molar refractivity (Wildman–Crippen MR) is 107 cm³/mol. The van der Waals surface area contributed by atoms with Crippen LogP contribution in [-0.2, 0) is 6.54 Å². The van der Waals surface area contributed by atoms with Gasteiger partial charge in [0.05, 0.1) is 12.2 Å². The second kappa shape index (κ2) is 7.51. The van der Waals surface area contributed by atoms with E-state index < -0.39 is 0 Å². The minimum atomic E-state index is 0.599. The maximum atomic E-state index is 4.78. The van der Waals surface area contributed by atoms with Gasteiger partial charge in [-0.2, -0.15) is 0 Å². The summed E-state index contributed by atoms with van der Waals surface area (Å²) in [5.74, 6) is 0.599. The highest BCUT2D eigenvalue weighted by molar-refractivity contribution is 7.09. The van der Waals surface area contributed by atoms with Crippen LogP contribution in [0.15, 0.2) is 35.8 Å². The number of aryl methyl sites for hydroxylation is 2. The molecule has 134 valence electrons. The van der Waals surface area contributed by atoms with Gasteiger partial charge in [-0.05, 0) is 69.1 Å². The second-order valence-corrected chi connectivity index (χ2v) is 7.82. The molecule has 1 saturated heterocycles. The molecule has 1 aliphatic rings. The molecule has 1 aromatic carbocycles. The summed E-state index contributed by atoms with van der Waals surface area (Å²) < 4.78 is 0. The molecule has 0 aliphatic carbocycles. The van der Waals surface area contributed by atoms with E-state index in [0.717, 1.165) is 28.6 Å². The Kier molecular flexibility index (Phi) is 4.95. The Hall–Kier alpha value is -2.31. The second-order valence-electron chi connectivity index (χ2n) is 6.88. The number of nitrogens with zero attached hydrogens (tertiary/aromatic N) is 4. The first kappa shape index (κ1) is 17.1. The molecule has 6 heteroatoms. The van der Waals surface area contributed by atoms with Gasteiger partial charge in [-0.25, -0.2) is 15.0 Å². The Bertz CT molecular complexity index is 878. The third kappa shape index (κ3) is 4.08. The average molecular weight is 366 g/mol. The van der Waals surface area contributed by atoms with E-state index in [1.807, 2.05) is 6.07 Å². The fraction of sp³-hybridized carbons (Fsp3) is 0.350. The van der Waals surface area contributed by atoms with Crippen molar-refractivity contribution in [1.82, 2.24) is 19.9 Å². The van der Waals surface area contributed by atoms with Gasteiger partial charge in [0, 0.05) is 17.3 Å². The van der Waals surface area contributed by atoms with Gasteiger partial charge in [0.15, 0.2) is 0 Å². The van der Waals surface area contributed by atoms with Crippen LogP contribution in [-0.4, -0.2) is 32.9 Å². The van der Waals surface area contributed by atoms with Crippen LogP contribution >= 0.6 is 11.3 Å². The summed E-state index contributed by atoms with van der Waals surface area (Å²) in [6.07, 6.45) is 4.39. The van der Waals surface area contributed by atoms with Crippen LogP contribution in [0.25, 0.3) is 11.4 Å². The Labute approximate surface area is 158 Å². The van der Waals surface area contributed by atoms with E-state index in [-0.39, 0.29) is 0 Å². The molecule has 0 amide bonds. The first-order valence-corrected chi connectivity index (χ1v) is 9.89. The lowest BCUT2D eigenvalue weighted by molar-refractivity contribution is 0.331. The summed E-state index contributed by atoms with van der Waals surface area (Å²) >= 11 is 1.71. The van der Waals surface area contributed by atoms with E-state index in [4.69, 9.17) is 4.98 Å². The largest absolute Gasteiger partial charge is 0.324 e. The third-order valence-corrected chi connectivity index (χ3v) is 5.34. The highest BCUT2D eigenvalue weighted by Crippen LogP contribution is 2.24. The van der Waals surface area contributed by atoms with E-state index in [1.165, 1.54) is 37.1 Å². The molecule has 4 rings (SSSR count). The van der Waals surface area contributed by atoms with Crippen molar-refractivity contribution in [3.8, 4) is 11.4 Å². The van der Waals surface area contributed by atoms with Gasteiger partial charge in [0.1, 0.15) is 10.7 Å². The van der Waals surface area contributed by atoms with E-state index in [9.17, 15) is 0 Å². The van der Waals surface area contributed by atoms with Gasteiger partial charge >= 0.3 is 0 Å². The zero-order valence-corrected chi connectivity index (χ0v) is 16.0. The number of likely N-dealkylation sites (tertiary alicyclic amines) is 1. The Morgan fingerprint density at radius 3 is 2.58 bits per heavy atom. The highest BCUT2D eigenvalue weighted by Gasteiger charge is 2.14. The van der Waals surface area contributed by atoms with Gasteiger partial charge in [0.2, 0.25) is 5.95 Å². The van der Waals surface area contributed by atoms with Crippen molar-refractivity contribution in [2.75, 3.05) is 18.4 Å². The standard InChI is InChI=1S/C20H23N5S/c1-14-9-15(2)11-16(10-14)22-20-21-6-5-17(24-20)18-13-26-19(23-18)12-25-7-3-4-8-25/h5-6,9-11,13H,3-4,7-8,12H2,1-2H3,(H,21,22,24). The summed E-state index contributed by atoms with van der Waals surface area (Å²) in [5, 5.41) is 6.55. The summed E-state index contributed by atoms with van der Waals surface area (Å²) in [4.78, 5) is 16.3. The molecule has 26 heavy (non-hydrogen) atoms. The minimum absolute atomic E-state index is 0.599. The maximum absolute atomic E-state index is 4.78. The third-order valence-electron chi connectivity index (χ3n) is 4.51. The first-order chi connectivity index (χ1) is 12.7. The molecule has 0 saturated carbocycles. The molecule has 0 spiro atoms. The number of benzene rings is 1. The fourth-order valence-electron chi connectivity index (χ4n) is 3.37. The highest BCUT2D eigenvalue weighted by atomic mass is 32.1. The summed E-state index contributed by atoms with van der Waals surface area (Å²) in [7, 11) is 0. The number of hydrogen-bond acceptors (Lipinski definition) is 6. The van der Waals surface area contributed by atoms with E-state index in [2.05, 4.69) is 57.6 Å². The van der Waals surface area contributed by atoms with Crippen molar-refractivity contribution in [3.05, 3.63) is 52.0 Å². The van der Waals surface area contributed by atoms with Crippen LogP contribution in [0.4, 0.5) is 11.6 Å². The molecule has 2 aromatic heterocycles. The lowest BCUT2D eigenvalue weighted by atomic mass is 10.1. The smallest absolute Gasteiger partial charge is 0.227 e. The molecular weight excluding hydrogens is 342 g/mol. The van der Waals surface area contributed by atoms with Gasteiger partial charge in [-0.3, -0.25) is 4.90 Å². The first-order valence-electron chi connectivity index (χ1n) is 9.01.